The third kappa shape index (κ3) is 2.77. The fourth-order valence-corrected chi connectivity index (χ4v) is 10.3. The second kappa shape index (κ2) is 7.88. The van der Waals surface area contributed by atoms with E-state index in [0.717, 1.165) is 44.1 Å². The molecule has 1 N–H and O–H groups in total. The number of ether oxygens (including phenoxy) is 3. The van der Waals surface area contributed by atoms with Crippen molar-refractivity contribution in [2.45, 2.75) is 85.2 Å². The number of fused-ring (bicyclic) bond motifs is 3. The number of rotatable bonds is 6. The number of hydrogen-bond acceptors (Lipinski definition) is 5. The lowest BCUT2D eigenvalue weighted by Crippen LogP contribution is -2.63. The Kier molecular flexibility index (Phi) is 5.43. The fraction of sp³-hybridized carbons (Fsp3) is 0.862. The van der Waals surface area contributed by atoms with Gasteiger partial charge < -0.3 is 24.1 Å². The number of carboxylic acids is 1. The van der Waals surface area contributed by atoms with E-state index in [-0.39, 0.29) is 36.3 Å². The highest BCUT2D eigenvalue weighted by atomic mass is 16.7. The van der Waals surface area contributed by atoms with Crippen molar-refractivity contribution >= 4 is 12.3 Å². The molecule has 6 heteroatoms. The van der Waals surface area contributed by atoms with Gasteiger partial charge in [0.15, 0.2) is 6.29 Å². The molecule has 3 saturated carbocycles. The first kappa shape index (κ1) is 24.1. The van der Waals surface area contributed by atoms with Crippen molar-refractivity contribution in [3.8, 4) is 0 Å². The first-order chi connectivity index (χ1) is 16.6. The summed E-state index contributed by atoms with van der Waals surface area (Å²) in [6, 6.07) is 0. The van der Waals surface area contributed by atoms with E-state index in [2.05, 4.69) is 40.7 Å². The number of allylic oxidation sites excluding steroid dienone is 1. The maximum atomic E-state index is 13.5. The zero-order valence-corrected chi connectivity index (χ0v) is 21.9. The summed E-state index contributed by atoms with van der Waals surface area (Å²) in [5, 5.41) is 11.1. The Bertz CT molecular complexity index is 943. The Labute approximate surface area is 209 Å². The van der Waals surface area contributed by atoms with E-state index in [1.807, 2.05) is 0 Å². The zero-order chi connectivity index (χ0) is 24.9. The summed E-state index contributed by atoms with van der Waals surface area (Å²) in [4.78, 5) is 26.7. The first-order valence-corrected chi connectivity index (χ1v) is 13.9. The van der Waals surface area contributed by atoms with Gasteiger partial charge in [-0.05, 0) is 67.6 Å². The van der Waals surface area contributed by atoms with E-state index in [4.69, 9.17) is 14.2 Å². The van der Waals surface area contributed by atoms with Crippen LogP contribution < -0.4 is 0 Å². The minimum absolute atomic E-state index is 0.0426. The highest BCUT2D eigenvalue weighted by molar-refractivity contribution is 5.90. The number of carboxylic acid groups (broad SMARTS) is 1. The van der Waals surface area contributed by atoms with Crippen LogP contribution in [0.4, 0.5) is 0 Å². The van der Waals surface area contributed by atoms with Crippen LogP contribution in [0.1, 0.15) is 66.7 Å². The molecule has 12 atom stereocenters. The summed E-state index contributed by atoms with van der Waals surface area (Å²) in [6.45, 7) is 11.9. The Balaban J connectivity index is 1.39. The summed E-state index contributed by atoms with van der Waals surface area (Å²) in [5.74, 6) is 1.22. The van der Waals surface area contributed by atoms with E-state index >= 15 is 0 Å². The predicted octanol–water partition coefficient (Wildman–Crippen LogP) is 4.71. The van der Waals surface area contributed by atoms with Crippen LogP contribution in [-0.2, 0) is 23.8 Å². The van der Waals surface area contributed by atoms with Gasteiger partial charge in [-0.2, -0.15) is 0 Å². The number of aliphatic carboxylic acids is 1. The number of carbonyl (C=O) groups excluding carboxylic acids is 1. The molecule has 2 aliphatic heterocycles. The van der Waals surface area contributed by atoms with Crippen LogP contribution in [0.15, 0.2) is 11.6 Å². The van der Waals surface area contributed by atoms with Crippen molar-refractivity contribution in [1.29, 1.82) is 0 Å². The highest BCUT2D eigenvalue weighted by Gasteiger charge is 2.84. The number of aldehydes is 1. The molecule has 0 spiro atoms. The summed E-state index contributed by atoms with van der Waals surface area (Å²) in [7, 11) is 0. The van der Waals surface area contributed by atoms with Gasteiger partial charge in [-0.25, -0.2) is 0 Å². The van der Waals surface area contributed by atoms with Crippen molar-refractivity contribution in [1.82, 2.24) is 0 Å². The third-order valence-corrected chi connectivity index (χ3v) is 11.6. The topological polar surface area (TPSA) is 82.1 Å². The lowest BCUT2D eigenvalue weighted by atomic mass is 9.43. The molecule has 6 rings (SSSR count). The van der Waals surface area contributed by atoms with Crippen molar-refractivity contribution in [2.75, 3.05) is 13.2 Å². The van der Waals surface area contributed by atoms with Crippen LogP contribution in [0.25, 0.3) is 0 Å². The second-order valence-electron chi connectivity index (χ2n) is 13.2. The highest BCUT2D eigenvalue weighted by Crippen LogP contribution is 2.82. The summed E-state index contributed by atoms with van der Waals surface area (Å²) in [5.41, 5.74) is -1.65. The van der Waals surface area contributed by atoms with Crippen molar-refractivity contribution < 1.29 is 28.9 Å². The normalized spacial score (nSPS) is 54.0. The Morgan fingerprint density at radius 3 is 2.66 bits per heavy atom. The van der Waals surface area contributed by atoms with Crippen LogP contribution in [0, 0.1) is 57.7 Å². The number of carbonyl (C=O) groups is 2. The molecule has 2 saturated heterocycles. The lowest BCUT2D eigenvalue weighted by molar-refractivity contribution is -0.251. The molecule has 0 aromatic rings. The van der Waals surface area contributed by atoms with Crippen molar-refractivity contribution in [2.24, 2.45) is 57.7 Å². The van der Waals surface area contributed by atoms with Gasteiger partial charge in [0.2, 0.25) is 0 Å². The second-order valence-corrected chi connectivity index (χ2v) is 13.2. The lowest BCUT2D eigenvalue weighted by Gasteiger charge is -2.58. The molecular weight excluding hydrogens is 444 g/mol. The molecular formula is C29H42O6. The fourth-order valence-electron chi connectivity index (χ4n) is 10.3. The minimum Gasteiger partial charge on any atom is -0.481 e. The molecule has 0 aromatic heterocycles. The Morgan fingerprint density at radius 2 is 1.97 bits per heavy atom. The van der Waals surface area contributed by atoms with E-state index in [1.165, 1.54) is 0 Å². The van der Waals surface area contributed by atoms with E-state index < -0.39 is 22.2 Å². The Morgan fingerprint density at radius 1 is 1.20 bits per heavy atom. The number of hydrogen-bond donors (Lipinski definition) is 1. The maximum absolute atomic E-state index is 13.5. The predicted molar refractivity (Wildman–Crippen MR) is 129 cm³/mol. The van der Waals surface area contributed by atoms with Crippen LogP contribution in [0.5, 0.6) is 0 Å². The zero-order valence-electron chi connectivity index (χ0n) is 21.9. The average Bonchev–Trinajstić information content (AvgIpc) is 3.50. The first-order valence-electron chi connectivity index (χ1n) is 13.9. The molecule has 5 fully saturated rings. The van der Waals surface area contributed by atoms with Gasteiger partial charge in [-0.15, -0.1) is 0 Å². The molecule has 4 unspecified atom stereocenters. The molecule has 4 bridgehead atoms. The smallest absolute Gasteiger partial charge is 0.315 e. The molecule has 35 heavy (non-hydrogen) atoms. The van der Waals surface area contributed by atoms with Crippen LogP contribution >= 0.6 is 0 Å². The van der Waals surface area contributed by atoms with Crippen molar-refractivity contribution in [3.63, 3.8) is 0 Å². The van der Waals surface area contributed by atoms with E-state index in [0.29, 0.717) is 36.7 Å². The van der Waals surface area contributed by atoms with Gasteiger partial charge in [0.05, 0.1) is 30.8 Å². The SMILES string of the molecule is CC(C)C1=CC2CC3(C=O)[C@@H]4CC[C@@H](C)[C@H]4CC2(CO[C@H]2C[C@H]4[C@H](OC[C@H]4C)[C@@H](C)O2)C13C(=O)O. The summed E-state index contributed by atoms with van der Waals surface area (Å²) >= 11 is 0. The summed E-state index contributed by atoms with van der Waals surface area (Å²) in [6.07, 6.45) is 7.32. The molecule has 0 aromatic carbocycles. The van der Waals surface area contributed by atoms with Gasteiger partial charge >= 0.3 is 5.97 Å². The van der Waals surface area contributed by atoms with E-state index in [9.17, 15) is 14.7 Å². The van der Waals surface area contributed by atoms with Crippen LogP contribution in [0.3, 0.4) is 0 Å². The largest absolute Gasteiger partial charge is 0.481 e. The molecule has 6 aliphatic rings. The van der Waals surface area contributed by atoms with Crippen LogP contribution in [-0.4, -0.2) is 49.1 Å². The third-order valence-electron chi connectivity index (χ3n) is 11.6. The van der Waals surface area contributed by atoms with Crippen molar-refractivity contribution in [3.05, 3.63) is 11.6 Å². The van der Waals surface area contributed by atoms with Gasteiger partial charge in [-0.3, -0.25) is 4.79 Å². The monoisotopic (exact) mass is 486 g/mol. The molecule has 2 heterocycles. The molecule has 194 valence electrons. The standard InChI is InChI=1S/C29H42O6/c1-15(2)23-8-19-10-27(13-30)22-7-6-16(3)21(22)11-28(19,29(23,27)26(31)32)14-34-24-9-20-17(4)12-33-25(20)18(5)35-24/h8,13,15-22,24-25H,6-7,9-12,14H2,1-5H3,(H,31,32)/t16-,17-,18-,19?,20-,21-,22-,24-,25-,27?,28?,29?/m1/s1. The molecule has 4 aliphatic carbocycles. The quantitative estimate of drug-likeness (QED) is 0.432. The molecule has 0 amide bonds. The van der Waals surface area contributed by atoms with Gasteiger partial charge in [0, 0.05) is 11.8 Å². The summed E-state index contributed by atoms with van der Waals surface area (Å²) < 4.78 is 18.9. The average molecular weight is 487 g/mol. The Hall–Kier alpha value is -1.24. The molecule has 0 radical (unpaired) electrons. The van der Waals surface area contributed by atoms with Gasteiger partial charge in [-0.1, -0.05) is 45.8 Å². The van der Waals surface area contributed by atoms with Gasteiger partial charge in [0.1, 0.15) is 11.7 Å². The van der Waals surface area contributed by atoms with E-state index in [1.54, 1.807) is 0 Å². The minimum atomic E-state index is -1.18. The maximum Gasteiger partial charge on any atom is 0.315 e. The molecule has 6 nitrogen and oxygen atoms in total. The van der Waals surface area contributed by atoms with Gasteiger partial charge in [0.25, 0.3) is 0 Å². The van der Waals surface area contributed by atoms with Crippen LogP contribution in [0.2, 0.25) is 0 Å².